The van der Waals surface area contributed by atoms with Crippen molar-refractivity contribution in [2.24, 2.45) is 0 Å². The van der Waals surface area contributed by atoms with Crippen LogP contribution in [0.2, 0.25) is 0 Å². The van der Waals surface area contributed by atoms with Crippen molar-refractivity contribution in [3.8, 4) is 16.3 Å². The zero-order chi connectivity index (χ0) is 18.6. The monoisotopic (exact) mass is 383 g/mol. The molecule has 3 heterocycles. The number of nitrogens with zero attached hydrogens (tertiary/aromatic N) is 5. The van der Waals surface area contributed by atoms with E-state index in [9.17, 15) is 4.79 Å². The molecular formula is C19H21N5O2S. The number of hydrogen-bond acceptors (Lipinski definition) is 6. The summed E-state index contributed by atoms with van der Waals surface area (Å²) in [5.41, 5.74) is 1.51. The van der Waals surface area contributed by atoms with E-state index in [0.717, 1.165) is 29.2 Å². The zero-order valence-electron chi connectivity index (χ0n) is 15.1. The molecule has 0 unspecified atom stereocenters. The van der Waals surface area contributed by atoms with Gasteiger partial charge in [-0.3, -0.25) is 4.79 Å². The van der Waals surface area contributed by atoms with Gasteiger partial charge >= 0.3 is 0 Å². The van der Waals surface area contributed by atoms with Crippen molar-refractivity contribution in [2.45, 2.75) is 25.8 Å². The highest BCUT2D eigenvalue weighted by atomic mass is 32.1. The molecule has 7 nitrogen and oxygen atoms in total. The maximum absolute atomic E-state index is 12.8. The molecule has 0 bridgehead atoms. The molecule has 0 N–H and O–H groups in total. The van der Waals surface area contributed by atoms with E-state index in [1.54, 1.807) is 12.7 Å². The van der Waals surface area contributed by atoms with Crippen LogP contribution in [0.4, 0.5) is 0 Å². The third-order valence-electron chi connectivity index (χ3n) is 4.70. The van der Waals surface area contributed by atoms with Crippen LogP contribution in [0.1, 0.15) is 36.3 Å². The third-order valence-corrected chi connectivity index (χ3v) is 5.59. The number of carbonyl (C=O) groups excluding carboxylic acids is 1. The number of piperidine rings is 1. The Hall–Kier alpha value is -2.74. The van der Waals surface area contributed by atoms with Crippen LogP contribution >= 0.6 is 11.3 Å². The first-order valence-corrected chi connectivity index (χ1v) is 9.94. The molecule has 1 saturated heterocycles. The molecule has 1 aliphatic heterocycles. The SMILES string of the molecule is CCOc1ccc(-c2nc(C(=O)N3CCC(n4cncn4)CC3)cs2)cc1. The molecule has 0 radical (unpaired) electrons. The molecule has 0 spiro atoms. The standard InChI is InChI=1S/C19H21N5O2S/c1-2-26-16-5-3-14(4-6-16)18-22-17(11-27-18)19(25)23-9-7-15(8-10-23)24-13-20-12-21-24/h3-6,11-13,15H,2,7-10H2,1H3. The van der Waals surface area contributed by atoms with E-state index in [-0.39, 0.29) is 5.91 Å². The van der Waals surface area contributed by atoms with Crippen LogP contribution in [0.25, 0.3) is 10.6 Å². The van der Waals surface area contributed by atoms with Crippen LogP contribution in [-0.4, -0.2) is 50.3 Å². The minimum absolute atomic E-state index is 0.000441. The summed E-state index contributed by atoms with van der Waals surface area (Å²) in [4.78, 5) is 23.2. The van der Waals surface area contributed by atoms with Crippen LogP contribution in [-0.2, 0) is 0 Å². The fraction of sp³-hybridized carbons (Fsp3) is 0.368. The fourth-order valence-electron chi connectivity index (χ4n) is 3.27. The maximum Gasteiger partial charge on any atom is 0.273 e. The van der Waals surface area contributed by atoms with Crippen LogP contribution in [0.5, 0.6) is 5.75 Å². The first-order valence-electron chi connectivity index (χ1n) is 9.06. The van der Waals surface area contributed by atoms with Crippen molar-refractivity contribution in [1.82, 2.24) is 24.6 Å². The highest BCUT2D eigenvalue weighted by Crippen LogP contribution is 2.27. The summed E-state index contributed by atoms with van der Waals surface area (Å²) in [7, 11) is 0. The largest absolute Gasteiger partial charge is 0.494 e. The summed E-state index contributed by atoms with van der Waals surface area (Å²) in [6.07, 6.45) is 5.05. The molecular weight excluding hydrogens is 362 g/mol. The first kappa shape index (κ1) is 17.7. The molecule has 1 aliphatic rings. The molecule has 3 aromatic rings. The second-order valence-electron chi connectivity index (χ2n) is 6.39. The van der Waals surface area contributed by atoms with Crippen molar-refractivity contribution in [2.75, 3.05) is 19.7 Å². The maximum atomic E-state index is 12.8. The van der Waals surface area contributed by atoms with Gasteiger partial charge in [-0.05, 0) is 44.0 Å². The summed E-state index contributed by atoms with van der Waals surface area (Å²) in [6.45, 7) is 4.02. The van der Waals surface area contributed by atoms with E-state index < -0.39 is 0 Å². The van der Waals surface area contributed by atoms with Gasteiger partial charge in [0.15, 0.2) is 0 Å². The third kappa shape index (κ3) is 3.85. The van der Waals surface area contributed by atoms with Gasteiger partial charge in [0.2, 0.25) is 0 Å². The molecule has 27 heavy (non-hydrogen) atoms. The number of carbonyl (C=O) groups is 1. The Bertz CT molecular complexity index is 883. The lowest BCUT2D eigenvalue weighted by Crippen LogP contribution is -2.39. The molecule has 0 atom stereocenters. The second kappa shape index (κ2) is 7.87. The average Bonchev–Trinajstić information content (AvgIpc) is 3.41. The molecule has 0 saturated carbocycles. The highest BCUT2D eigenvalue weighted by molar-refractivity contribution is 7.13. The number of rotatable bonds is 5. The van der Waals surface area contributed by atoms with Crippen molar-refractivity contribution >= 4 is 17.2 Å². The van der Waals surface area contributed by atoms with Gasteiger partial charge in [-0.2, -0.15) is 5.10 Å². The lowest BCUT2D eigenvalue weighted by molar-refractivity contribution is 0.0685. The molecule has 1 fully saturated rings. The molecule has 0 aliphatic carbocycles. The van der Waals surface area contributed by atoms with Crippen LogP contribution in [0.3, 0.4) is 0 Å². The Labute approximate surface area is 161 Å². The molecule has 1 aromatic carbocycles. The Kier molecular flexibility index (Phi) is 5.15. The summed E-state index contributed by atoms with van der Waals surface area (Å²) >= 11 is 1.49. The van der Waals surface area contributed by atoms with E-state index in [2.05, 4.69) is 15.1 Å². The Morgan fingerprint density at radius 1 is 1.26 bits per heavy atom. The zero-order valence-corrected chi connectivity index (χ0v) is 15.9. The fourth-order valence-corrected chi connectivity index (χ4v) is 4.07. The quantitative estimate of drug-likeness (QED) is 0.676. The van der Waals surface area contributed by atoms with Crippen molar-refractivity contribution in [3.63, 3.8) is 0 Å². The molecule has 2 aromatic heterocycles. The lowest BCUT2D eigenvalue weighted by atomic mass is 10.1. The topological polar surface area (TPSA) is 73.1 Å². The Morgan fingerprint density at radius 3 is 2.70 bits per heavy atom. The predicted molar refractivity (Wildman–Crippen MR) is 103 cm³/mol. The molecule has 140 valence electrons. The number of amides is 1. The van der Waals surface area contributed by atoms with E-state index in [1.807, 2.05) is 46.2 Å². The number of thiazole rings is 1. The van der Waals surface area contributed by atoms with Crippen LogP contribution in [0, 0.1) is 0 Å². The summed E-state index contributed by atoms with van der Waals surface area (Å²) in [5.74, 6) is 0.838. The first-order chi connectivity index (χ1) is 13.2. The van der Waals surface area contributed by atoms with E-state index in [4.69, 9.17) is 4.74 Å². The van der Waals surface area contributed by atoms with Crippen molar-refractivity contribution < 1.29 is 9.53 Å². The summed E-state index contributed by atoms with van der Waals surface area (Å²) < 4.78 is 7.35. The van der Waals surface area contributed by atoms with E-state index >= 15 is 0 Å². The number of likely N-dealkylation sites (tertiary alicyclic amines) is 1. The Balaban J connectivity index is 1.40. The smallest absolute Gasteiger partial charge is 0.273 e. The van der Waals surface area contributed by atoms with Gasteiger partial charge in [0, 0.05) is 24.0 Å². The van der Waals surface area contributed by atoms with Crippen LogP contribution < -0.4 is 4.74 Å². The van der Waals surface area contributed by atoms with Crippen molar-refractivity contribution in [3.05, 3.63) is 48.0 Å². The lowest BCUT2D eigenvalue weighted by Gasteiger charge is -2.31. The molecule has 4 rings (SSSR count). The normalized spacial score (nSPS) is 15.1. The molecule has 8 heteroatoms. The van der Waals surface area contributed by atoms with Gasteiger partial charge in [-0.25, -0.2) is 14.6 Å². The second-order valence-corrected chi connectivity index (χ2v) is 7.25. The van der Waals surface area contributed by atoms with Gasteiger partial charge in [0.1, 0.15) is 29.1 Å². The van der Waals surface area contributed by atoms with Gasteiger partial charge in [0.25, 0.3) is 5.91 Å². The molecule has 1 amide bonds. The summed E-state index contributed by atoms with van der Waals surface area (Å²) in [5, 5.41) is 6.90. The highest BCUT2D eigenvalue weighted by Gasteiger charge is 2.26. The number of aromatic nitrogens is 4. The number of hydrogen-bond donors (Lipinski definition) is 0. The van der Waals surface area contributed by atoms with Gasteiger partial charge in [-0.15, -0.1) is 11.3 Å². The number of benzene rings is 1. The van der Waals surface area contributed by atoms with Crippen LogP contribution in [0.15, 0.2) is 42.3 Å². The van der Waals surface area contributed by atoms with E-state index in [0.29, 0.717) is 31.4 Å². The minimum atomic E-state index is 0.000441. The number of ether oxygens (including phenoxy) is 1. The van der Waals surface area contributed by atoms with Crippen molar-refractivity contribution in [1.29, 1.82) is 0 Å². The summed E-state index contributed by atoms with van der Waals surface area (Å²) in [6, 6.07) is 8.11. The van der Waals surface area contributed by atoms with Gasteiger partial charge in [-0.1, -0.05) is 0 Å². The van der Waals surface area contributed by atoms with Gasteiger partial charge in [0.05, 0.1) is 12.6 Å². The Morgan fingerprint density at radius 2 is 2.04 bits per heavy atom. The predicted octanol–water partition coefficient (Wildman–Crippen LogP) is 3.28. The average molecular weight is 383 g/mol. The minimum Gasteiger partial charge on any atom is -0.494 e. The van der Waals surface area contributed by atoms with E-state index in [1.165, 1.54) is 11.3 Å². The van der Waals surface area contributed by atoms with Gasteiger partial charge < -0.3 is 9.64 Å².